The molecule has 2 aliphatic rings. The van der Waals surface area contributed by atoms with Gasteiger partial charge in [0, 0.05) is 25.7 Å². The molecule has 2 rings (SSSR count). The van der Waals surface area contributed by atoms with Crippen molar-refractivity contribution >= 4 is 5.91 Å². The summed E-state index contributed by atoms with van der Waals surface area (Å²) in [5.41, 5.74) is 5.46. The van der Waals surface area contributed by atoms with Gasteiger partial charge in [0.1, 0.15) is 0 Å². The SMILES string of the molecule is CCC(C)(CN)C(=O)N1CCC2C(CCCN2C)C1. The molecule has 2 N–H and O–H groups in total. The highest BCUT2D eigenvalue weighted by atomic mass is 16.2. The molecule has 3 unspecified atom stereocenters. The normalized spacial score (nSPS) is 31.7. The Morgan fingerprint density at radius 3 is 2.74 bits per heavy atom. The minimum atomic E-state index is -0.368. The fourth-order valence-corrected chi connectivity index (χ4v) is 3.60. The average molecular weight is 267 g/mol. The van der Waals surface area contributed by atoms with E-state index < -0.39 is 0 Å². The number of carbonyl (C=O) groups excluding carboxylic acids is 1. The van der Waals surface area contributed by atoms with Gasteiger partial charge in [-0.3, -0.25) is 4.79 Å². The number of rotatable bonds is 3. The molecule has 4 heteroatoms. The maximum absolute atomic E-state index is 12.7. The van der Waals surface area contributed by atoms with E-state index in [-0.39, 0.29) is 11.3 Å². The third kappa shape index (κ3) is 2.79. The number of hydrogen-bond donors (Lipinski definition) is 1. The van der Waals surface area contributed by atoms with Crippen molar-refractivity contribution in [3.8, 4) is 0 Å². The molecule has 2 aliphatic heterocycles. The smallest absolute Gasteiger partial charge is 0.229 e. The fraction of sp³-hybridized carbons (Fsp3) is 0.933. The Bertz CT molecular complexity index is 327. The van der Waals surface area contributed by atoms with Crippen molar-refractivity contribution in [1.82, 2.24) is 9.80 Å². The van der Waals surface area contributed by atoms with E-state index in [1.165, 1.54) is 19.4 Å². The van der Waals surface area contributed by atoms with E-state index in [0.29, 0.717) is 18.5 Å². The number of amides is 1. The highest BCUT2D eigenvalue weighted by molar-refractivity contribution is 5.82. The van der Waals surface area contributed by atoms with E-state index in [9.17, 15) is 4.79 Å². The van der Waals surface area contributed by atoms with Crippen LogP contribution in [0.2, 0.25) is 0 Å². The molecule has 0 bridgehead atoms. The first kappa shape index (κ1) is 14.8. The van der Waals surface area contributed by atoms with Gasteiger partial charge in [0.2, 0.25) is 5.91 Å². The number of nitrogens with zero attached hydrogens (tertiary/aromatic N) is 2. The second-order valence-electron chi connectivity index (χ2n) is 6.61. The molecule has 0 aromatic heterocycles. The van der Waals surface area contributed by atoms with Crippen LogP contribution in [0.3, 0.4) is 0 Å². The van der Waals surface area contributed by atoms with Crippen molar-refractivity contribution < 1.29 is 4.79 Å². The van der Waals surface area contributed by atoms with E-state index in [0.717, 1.165) is 25.9 Å². The van der Waals surface area contributed by atoms with Crippen LogP contribution >= 0.6 is 0 Å². The Kier molecular flexibility index (Phi) is 4.51. The molecule has 0 saturated carbocycles. The lowest BCUT2D eigenvalue weighted by Crippen LogP contribution is -2.56. The maximum atomic E-state index is 12.7. The highest BCUT2D eigenvalue weighted by Gasteiger charge is 2.40. The third-order valence-electron chi connectivity index (χ3n) is 5.38. The number of carbonyl (C=O) groups is 1. The zero-order valence-corrected chi connectivity index (χ0v) is 12.7. The lowest BCUT2D eigenvalue weighted by molar-refractivity contribution is -0.144. The zero-order valence-electron chi connectivity index (χ0n) is 12.7. The Hall–Kier alpha value is -0.610. The highest BCUT2D eigenvalue weighted by Crippen LogP contribution is 2.32. The van der Waals surface area contributed by atoms with Crippen LogP contribution in [0.15, 0.2) is 0 Å². The molecule has 1 amide bonds. The summed E-state index contributed by atoms with van der Waals surface area (Å²) in [7, 11) is 2.23. The summed E-state index contributed by atoms with van der Waals surface area (Å²) in [6.07, 6.45) is 4.48. The molecule has 19 heavy (non-hydrogen) atoms. The topological polar surface area (TPSA) is 49.6 Å². The van der Waals surface area contributed by atoms with Crippen molar-refractivity contribution in [2.75, 3.05) is 33.2 Å². The lowest BCUT2D eigenvalue weighted by atomic mass is 9.81. The minimum Gasteiger partial charge on any atom is -0.342 e. The summed E-state index contributed by atoms with van der Waals surface area (Å²) in [4.78, 5) is 17.2. The Labute approximate surface area is 117 Å². The molecule has 110 valence electrons. The number of fused-ring (bicyclic) bond motifs is 1. The third-order valence-corrected chi connectivity index (χ3v) is 5.38. The van der Waals surface area contributed by atoms with E-state index in [4.69, 9.17) is 5.73 Å². The molecule has 2 saturated heterocycles. The van der Waals surface area contributed by atoms with E-state index in [1.807, 2.05) is 6.92 Å². The van der Waals surface area contributed by atoms with Gasteiger partial charge in [0.05, 0.1) is 5.41 Å². The van der Waals surface area contributed by atoms with Gasteiger partial charge >= 0.3 is 0 Å². The first-order valence-corrected chi connectivity index (χ1v) is 7.71. The summed E-state index contributed by atoms with van der Waals surface area (Å²) < 4.78 is 0. The van der Waals surface area contributed by atoms with Crippen molar-refractivity contribution in [1.29, 1.82) is 0 Å². The van der Waals surface area contributed by atoms with Crippen LogP contribution in [0.5, 0.6) is 0 Å². The van der Waals surface area contributed by atoms with E-state index in [1.54, 1.807) is 0 Å². The van der Waals surface area contributed by atoms with Crippen molar-refractivity contribution in [2.24, 2.45) is 17.1 Å². The van der Waals surface area contributed by atoms with E-state index >= 15 is 0 Å². The van der Waals surface area contributed by atoms with Gasteiger partial charge in [-0.25, -0.2) is 0 Å². The quantitative estimate of drug-likeness (QED) is 0.838. The summed E-state index contributed by atoms with van der Waals surface area (Å²) in [6.45, 7) is 7.57. The molecule has 4 nitrogen and oxygen atoms in total. The first-order chi connectivity index (χ1) is 9.01. The van der Waals surface area contributed by atoms with Gasteiger partial charge in [0.15, 0.2) is 0 Å². The van der Waals surface area contributed by atoms with Crippen LogP contribution in [0.25, 0.3) is 0 Å². The largest absolute Gasteiger partial charge is 0.342 e. The van der Waals surface area contributed by atoms with Gasteiger partial charge in [-0.2, -0.15) is 0 Å². The van der Waals surface area contributed by atoms with Crippen LogP contribution in [-0.4, -0.2) is 55.0 Å². The van der Waals surface area contributed by atoms with Gasteiger partial charge in [0.25, 0.3) is 0 Å². The van der Waals surface area contributed by atoms with Crippen molar-refractivity contribution in [3.05, 3.63) is 0 Å². The van der Waals surface area contributed by atoms with E-state index in [2.05, 4.69) is 23.8 Å². The second kappa shape index (κ2) is 5.80. The molecule has 3 atom stereocenters. The predicted octanol–water partition coefficient (Wildman–Crippen LogP) is 1.30. The van der Waals surface area contributed by atoms with Crippen LogP contribution in [0, 0.1) is 11.3 Å². The van der Waals surface area contributed by atoms with Crippen LogP contribution < -0.4 is 5.73 Å². The molecule has 0 spiro atoms. The van der Waals surface area contributed by atoms with Gasteiger partial charge in [-0.15, -0.1) is 0 Å². The Morgan fingerprint density at radius 1 is 1.37 bits per heavy atom. The standard InChI is InChI=1S/C15H29N3O/c1-4-15(2,11-16)14(19)18-9-7-13-12(10-18)6-5-8-17(13)3/h12-13H,4-11,16H2,1-3H3. The first-order valence-electron chi connectivity index (χ1n) is 7.71. The van der Waals surface area contributed by atoms with Crippen molar-refractivity contribution in [3.63, 3.8) is 0 Å². The molecule has 0 radical (unpaired) electrons. The summed E-state index contributed by atoms with van der Waals surface area (Å²) >= 11 is 0. The van der Waals surface area contributed by atoms with Crippen LogP contribution in [0.1, 0.15) is 39.5 Å². The summed E-state index contributed by atoms with van der Waals surface area (Å²) in [5, 5.41) is 0. The monoisotopic (exact) mass is 267 g/mol. The fourth-order valence-electron chi connectivity index (χ4n) is 3.60. The van der Waals surface area contributed by atoms with Crippen molar-refractivity contribution in [2.45, 2.75) is 45.6 Å². The predicted molar refractivity (Wildman–Crippen MR) is 77.8 cm³/mol. The number of hydrogen-bond acceptors (Lipinski definition) is 3. The molecule has 0 aliphatic carbocycles. The van der Waals surface area contributed by atoms with Crippen LogP contribution in [0.4, 0.5) is 0 Å². The lowest BCUT2D eigenvalue weighted by Gasteiger charge is -2.47. The molecular formula is C15H29N3O. The zero-order chi connectivity index (χ0) is 14.0. The minimum absolute atomic E-state index is 0.268. The summed E-state index contributed by atoms with van der Waals surface area (Å²) in [6, 6.07) is 0.684. The molecular weight excluding hydrogens is 238 g/mol. The number of nitrogens with two attached hydrogens (primary N) is 1. The van der Waals surface area contributed by atoms with Crippen LogP contribution in [-0.2, 0) is 4.79 Å². The molecule has 0 aromatic rings. The Balaban J connectivity index is 2.02. The Morgan fingerprint density at radius 2 is 2.11 bits per heavy atom. The van der Waals surface area contributed by atoms with Gasteiger partial charge in [-0.05, 0) is 52.1 Å². The molecule has 0 aromatic carbocycles. The number of piperidine rings is 2. The molecule has 2 fully saturated rings. The second-order valence-corrected chi connectivity index (χ2v) is 6.61. The summed E-state index contributed by atoms with van der Waals surface area (Å²) in [5.74, 6) is 0.930. The van der Waals surface area contributed by atoms with Gasteiger partial charge < -0.3 is 15.5 Å². The number of likely N-dealkylation sites (tertiary alicyclic amines) is 2. The molecule has 2 heterocycles. The maximum Gasteiger partial charge on any atom is 0.229 e. The average Bonchev–Trinajstić information content (AvgIpc) is 2.45. The van der Waals surface area contributed by atoms with Gasteiger partial charge in [-0.1, -0.05) is 6.92 Å².